The van der Waals surface area contributed by atoms with E-state index in [4.69, 9.17) is 0 Å². The average molecular weight is 375 g/mol. The molecular formula is C14H18N2O2S4+2. The van der Waals surface area contributed by atoms with Gasteiger partial charge in [0.1, 0.15) is 27.2 Å². The van der Waals surface area contributed by atoms with Crippen LogP contribution >= 0.6 is 45.3 Å². The SMILES string of the molecule is CC[N+](C)=c1sc2c(O)c3sc(=[N+](C)CC)sc3c(O)c2s1. The Morgan fingerprint density at radius 3 is 1.18 bits per heavy atom. The van der Waals surface area contributed by atoms with E-state index in [9.17, 15) is 10.2 Å². The molecule has 0 spiro atoms. The highest BCUT2D eigenvalue weighted by Gasteiger charge is 2.21. The Labute approximate surface area is 143 Å². The zero-order valence-electron chi connectivity index (χ0n) is 12.8. The predicted octanol–water partition coefficient (Wildman–Crippen LogP) is 2.49. The molecule has 0 saturated heterocycles. The maximum atomic E-state index is 10.7. The largest absolute Gasteiger partial charge is 0.505 e. The highest BCUT2D eigenvalue weighted by Crippen LogP contribution is 2.46. The number of hydrogen-bond acceptors (Lipinski definition) is 6. The molecule has 0 aliphatic carbocycles. The maximum Gasteiger partial charge on any atom is 0.315 e. The van der Waals surface area contributed by atoms with Crippen molar-refractivity contribution in [3.05, 3.63) is 7.97 Å². The summed E-state index contributed by atoms with van der Waals surface area (Å²) in [5.41, 5.74) is 0. The van der Waals surface area contributed by atoms with E-state index >= 15 is 0 Å². The number of fused-ring (bicyclic) bond motifs is 2. The summed E-state index contributed by atoms with van der Waals surface area (Å²) in [6.07, 6.45) is 0. The van der Waals surface area contributed by atoms with Gasteiger partial charge in [0.05, 0.1) is 18.8 Å². The van der Waals surface area contributed by atoms with E-state index in [1.54, 1.807) is 45.3 Å². The van der Waals surface area contributed by atoms with Gasteiger partial charge in [-0.05, 0) is 13.8 Å². The third-order valence-corrected chi connectivity index (χ3v) is 9.21. The van der Waals surface area contributed by atoms with Crippen LogP contribution in [0.25, 0.3) is 18.8 Å². The summed E-state index contributed by atoms with van der Waals surface area (Å²) in [6, 6.07) is 0. The smallest absolute Gasteiger partial charge is 0.315 e. The molecule has 0 unspecified atom stereocenters. The second-order valence-electron chi connectivity index (χ2n) is 4.98. The lowest BCUT2D eigenvalue weighted by molar-refractivity contribution is 0.481. The first-order chi connectivity index (χ1) is 10.5. The fourth-order valence-corrected chi connectivity index (χ4v) is 7.33. The van der Waals surface area contributed by atoms with Gasteiger partial charge in [0, 0.05) is 0 Å². The van der Waals surface area contributed by atoms with Gasteiger partial charge in [-0.3, -0.25) is 0 Å². The Hall–Kier alpha value is -0.960. The van der Waals surface area contributed by atoms with E-state index in [1.165, 1.54) is 0 Å². The fraction of sp³-hybridized carbons (Fsp3) is 0.429. The van der Waals surface area contributed by atoms with Crippen LogP contribution in [0.15, 0.2) is 0 Å². The number of phenolic OH excluding ortho intramolecular Hbond substituents is 2. The molecule has 2 N–H and O–H groups in total. The fourth-order valence-electron chi connectivity index (χ4n) is 1.98. The van der Waals surface area contributed by atoms with E-state index in [0.29, 0.717) is 11.5 Å². The van der Waals surface area contributed by atoms with E-state index in [-0.39, 0.29) is 0 Å². The zero-order chi connectivity index (χ0) is 16.0. The molecule has 0 radical (unpaired) electrons. The molecule has 0 amide bonds. The molecule has 8 heteroatoms. The van der Waals surface area contributed by atoms with Crippen molar-refractivity contribution >= 4 is 64.1 Å². The van der Waals surface area contributed by atoms with Crippen LogP contribution < -0.4 is 17.1 Å². The standard InChI is InChI=1S/C14H16N2O2S4/c1-5-15(3)13-19-9-7(17)11-12(8(18)10(9)20-13)22-14(21-11)16(4)6-2/h5-6H2,1-4H3/p+2. The highest BCUT2D eigenvalue weighted by atomic mass is 32.2. The molecule has 118 valence electrons. The predicted molar refractivity (Wildman–Crippen MR) is 99.8 cm³/mol. The first-order valence-electron chi connectivity index (χ1n) is 6.97. The van der Waals surface area contributed by atoms with E-state index in [0.717, 1.165) is 39.9 Å². The van der Waals surface area contributed by atoms with Gasteiger partial charge in [0.2, 0.25) is 0 Å². The summed E-state index contributed by atoms with van der Waals surface area (Å²) in [7, 11) is 4.04. The van der Waals surface area contributed by atoms with E-state index in [1.807, 2.05) is 14.1 Å². The lowest BCUT2D eigenvalue weighted by Crippen LogP contribution is -2.20. The number of nitrogens with zero attached hydrogens (tertiary/aromatic N) is 2. The van der Waals surface area contributed by atoms with Gasteiger partial charge < -0.3 is 10.2 Å². The van der Waals surface area contributed by atoms with E-state index < -0.39 is 0 Å². The number of aromatic hydroxyl groups is 2. The molecule has 22 heavy (non-hydrogen) atoms. The molecule has 3 aromatic rings. The van der Waals surface area contributed by atoms with Crippen LogP contribution in [0.3, 0.4) is 0 Å². The summed E-state index contributed by atoms with van der Waals surface area (Å²) in [6.45, 7) is 5.97. The Morgan fingerprint density at radius 2 is 0.955 bits per heavy atom. The molecule has 3 rings (SSSR count). The Morgan fingerprint density at radius 1 is 0.682 bits per heavy atom. The van der Waals surface area contributed by atoms with Crippen LogP contribution in [-0.2, 0) is 0 Å². The summed E-state index contributed by atoms with van der Waals surface area (Å²) in [5, 5.41) is 21.3. The maximum absolute atomic E-state index is 10.7. The topological polar surface area (TPSA) is 46.5 Å². The Bertz CT molecular complexity index is 863. The first-order valence-corrected chi connectivity index (χ1v) is 10.2. The lowest BCUT2D eigenvalue weighted by Gasteiger charge is -1.98. The minimum atomic E-state index is 0.303. The van der Waals surface area contributed by atoms with Crippen LogP contribution in [0, 0.1) is 0 Å². The van der Waals surface area contributed by atoms with Crippen molar-refractivity contribution in [1.29, 1.82) is 0 Å². The summed E-state index contributed by atoms with van der Waals surface area (Å²) < 4.78 is 9.57. The van der Waals surface area contributed by atoms with Gasteiger partial charge in [-0.15, -0.1) is 0 Å². The van der Waals surface area contributed by atoms with Crippen LogP contribution in [0.5, 0.6) is 11.5 Å². The van der Waals surface area contributed by atoms with Crippen molar-refractivity contribution in [2.75, 3.05) is 27.2 Å². The summed E-state index contributed by atoms with van der Waals surface area (Å²) in [5.74, 6) is 0.605. The summed E-state index contributed by atoms with van der Waals surface area (Å²) >= 11 is 6.16. The third kappa shape index (κ3) is 2.38. The second kappa shape index (κ2) is 5.92. The Balaban J connectivity index is 2.49. The quantitative estimate of drug-likeness (QED) is 0.535. The van der Waals surface area contributed by atoms with Crippen molar-refractivity contribution in [2.45, 2.75) is 13.8 Å². The molecule has 2 heterocycles. The monoisotopic (exact) mass is 374 g/mol. The van der Waals surface area contributed by atoms with Crippen molar-refractivity contribution in [2.24, 2.45) is 0 Å². The minimum absolute atomic E-state index is 0.303. The molecule has 1 aromatic carbocycles. The second-order valence-corrected chi connectivity index (χ2v) is 9.50. The highest BCUT2D eigenvalue weighted by molar-refractivity contribution is 7.39. The molecule has 0 aliphatic rings. The van der Waals surface area contributed by atoms with Gasteiger partial charge >= 0.3 is 7.97 Å². The Kier molecular flexibility index (Phi) is 4.28. The minimum Gasteiger partial charge on any atom is -0.505 e. The van der Waals surface area contributed by atoms with Crippen molar-refractivity contribution in [3.8, 4) is 11.5 Å². The molecule has 0 saturated carbocycles. The van der Waals surface area contributed by atoms with Crippen LogP contribution in [0.4, 0.5) is 0 Å². The average Bonchev–Trinajstić information content (AvgIpc) is 3.16. The molecule has 0 atom stereocenters. The van der Waals surface area contributed by atoms with Gasteiger partial charge in [-0.1, -0.05) is 45.3 Å². The van der Waals surface area contributed by atoms with Crippen molar-refractivity contribution < 1.29 is 10.2 Å². The third-order valence-electron chi connectivity index (χ3n) is 3.60. The van der Waals surface area contributed by atoms with Gasteiger partial charge in [-0.2, -0.15) is 0 Å². The van der Waals surface area contributed by atoms with Gasteiger partial charge in [-0.25, -0.2) is 9.15 Å². The molecule has 0 fully saturated rings. The zero-order valence-corrected chi connectivity index (χ0v) is 16.1. The van der Waals surface area contributed by atoms with Crippen molar-refractivity contribution in [3.63, 3.8) is 0 Å². The van der Waals surface area contributed by atoms with Crippen LogP contribution in [0.2, 0.25) is 0 Å². The number of phenols is 2. The molecule has 4 nitrogen and oxygen atoms in total. The normalized spacial score (nSPS) is 11.5. The van der Waals surface area contributed by atoms with Crippen LogP contribution in [0.1, 0.15) is 13.8 Å². The van der Waals surface area contributed by atoms with Crippen molar-refractivity contribution in [1.82, 2.24) is 9.15 Å². The molecule has 2 aromatic heterocycles. The number of hydrogen-bond donors (Lipinski definition) is 2. The number of rotatable bonds is 2. The summed E-state index contributed by atoms with van der Waals surface area (Å²) in [4.78, 5) is 0. The molecule has 0 aliphatic heterocycles. The van der Waals surface area contributed by atoms with Gasteiger partial charge in [0.15, 0.2) is 11.5 Å². The first kappa shape index (κ1) is 15.9. The molecule has 0 bridgehead atoms. The van der Waals surface area contributed by atoms with Crippen LogP contribution in [-0.4, -0.2) is 37.4 Å². The molecular weight excluding hydrogens is 356 g/mol. The number of benzene rings is 1. The van der Waals surface area contributed by atoms with E-state index in [2.05, 4.69) is 23.0 Å². The lowest BCUT2D eigenvalue weighted by atomic mass is 10.3. The van der Waals surface area contributed by atoms with Gasteiger partial charge in [0.25, 0.3) is 0 Å².